The van der Waals surface area contributed by atoms with Crippen LogP contribution in [0.5, 0.6) is 11.5 Å². The summed E-state index contributed by atoms with van der Waals surface area (Å²) in [7, 11) is -0.653. The molecular formula is C30H35FN2O5S2. The molecule has 0 radical (unpaired) electrons. The van der Waals surface area contributed by atoms with E-state index in [0.717, 1.165) is 16.9 Å². The van der Waals surface area contributed by atoms with Gasteiger partial charge >= 0.3 is 0 Å². The normalized spacial score (nSPS) is 17.8. The number of hydrogen-bond donors (Lipinski definition) is 1. The van der Waals surface area contributed by atoms with Crippen molar-refractivity contribution < 1.29 is 27.1 Å². The van der Waals surface area contributed by atoms with Crippen LogP contribution in [0.2, 0.25) is 0 Å². The van der Waals surface area contributed by atoms with Gasteiger partial charge in [0.05, 0.1) is 24.7 Å². The maximum absolute atomic E-state index is 13.6. The summed E-state index contributed by atoms with van der Waals surface area (Å²) in [5.74, 6) is 0.987. The molecule has 1 amide bonds. The van der Waals surface area contributed by atoms with Crippen LogP contribution in [-0.4, -0.2) is 52.5 Å². The molecule has 0 aromatic heterocycles. The molecule has 7 nitrogen and oxygen atoms in total. The van der Waals surface area contributed by atoms with Gasteiger partial charge in [-0.2, -0.15) is 4.31 Å². The standard InChI is InChI=1S/C30H35FN2O5S2/c1-20-15-21(2)19-33(18-20)40(35,36)25-10-12-29(39-24-8-6-23(31)7-9-24)26(17-25)30(34)32-14-13-22-5-11-27(37-3)28(16-22)38-4/h5-12,16-17,20-21H,13-15,18-19H2,1-4H3,(H,32,34). The maximum Gasteiger partial charge on any atom is 0.252 e. The van der Waals surface area contributed by atoms with Gasteiger partial charge in [-0.1, -0.05) is 31.7 Å². The second-order valence-corrected chi connectivity index (χ2v) is 13.2. The number of halogens is 1. The zero-order valence-electron chi connectivity index (χ0n) is 23.1. The second-order valence-electron chi connectivity index (χ2n) is 10.2. The van der Waals surface area contributed by atoms with Crippen molar-refractivity contribution in [3.05, 3.63) is 77.6 Å². The van der Waals surface area contributed by atoms with Gasteiger partial charge in [0.15, 0.2) is 11.5 Å². The lowest BCUT2D eigenvalue weighted by atomic mass is 9.94. The third kappa shape index (κ3) is 7.16. The van der Waals surface area contributed by atoms with Crippen molar-refractivity contribution in [3.8, 4) is 11.5 Å². The Balaban J connectivity index is 1.58. The highest BCUT2D eigenvalue weighted by Gasteiger charge is 2.32. The Kier molecular flexibility index (Phi) is 9.76. The van der Waals surface area contributed by atoms with Crippen LogP contribution in [0.3, 0.4) is 0 Å². The quantitative estimate of drug-likeness (QED) is 0.331. The summed E-state index contributed by atoms with van der Waals surface area (Å²) >= 11 is 1.28. The molecule has 0 saturated carbocycles. The van der Waals surface area contributed by atoms with Crippen molar-refractivity contribution in [3.63, 3.8) is 0 Å². The first-order valence-corrected chi connectivity index (χ1v) is 15.4. The van der Waals surface area contributed by atoms with Gasteiger partial charge in [-0.05, 0) is 84.8 Å². The number of methoxy groups -OCH3 is 2. The monoisotopic (exact) mass is 586 g/mol. The number of benzene rings is 3. The van der Waals surface area contributed by atoms with Gasteiger partial charge in [0, 0.05) is 29.4 Å². The molecule has 2 atom stereocenters. The lowest BCUT2D eigenvalue weighted by molar-refractivity contribution is 0.0951. The van der Waals surface area contributed by atoms with E-state index in [1.165, 1.54) is 34.3 Å². The molecule has 1 heterocycles. The molecule has 3 aromatic carbocycles. The summed E-state index contributed by atoms with van der Waals surface area (Å²) in [6.07, 6.45) is 1.51. The van der Waals surface area contributed by atoms with Gasteiger partial charge in [0.25, 0.3) is 5.91 Å². The molecule has 214 valence electrons. The first-order valence-electron chi connectivity index (χ1n) is 13.2. The number of sulfonamides is 1. The number of nitrogens with zero attached hydrogens (tertiary/aromatic N) is 1. The van der Waals surface area contributed by atoms with Gasteiger partial charge < -0.3 is 14.8 Å². The number of ether oxygens (including phenoxy) is 2. The van der Waals surface area contributed by atoms with Crippen molar-refractivity contribution in [1.82, 2.24) is 9.62 Å². The van der Waals surface area contributed by atoms with Crippen LogP contribution in [0, 0.1) is 17.7 Å². The number of carbonyl (C=O) groups excluding carboxylic acids is 1. The Morgan fingerprint density at radius 3 is 2.30 bits per heavy atom. The SMILES string of the molecule is COc1ccc(CCNC(=O)c2cc(S(=O)(=O)N3CC(C)CC(C)C3)ccc2Sc2ccc(F)cc2)cc1OC. The van der Waals surface area contributed by atoms with Gasteiger partial charge in [0.2, 0.25) is 10.0 Å². The van der Waals surface area contributed by atoms with Crippen molar-refractivity contribution in [2.24, 2.45) is 11.8 Å². The van der Waals surface area contributed by atoms with E-state index >= 15 is 0 Å². The topological polar surface area (TPSA) is 84.9 Å². The van der Waals surface area contributed by atoms with E-state index in [2.05, 4.69) is 19.2 Å². The number of hydrogen-bond acceptors (Lipinski definition) is 6. The van der Waals surface area contributed by atoms with Crippen LogP contribution < -0.4 is 14.8 Å². The fourth-order valence-corrected chi connectivity index (χ4v) is 7.60. The van der Waals surface area contributed by atoms with Gasteiger partial charge in [0.1, 0.15) is 5.82 Å². The maximum atomic E-state index is 13.6. The molecule has 0 spiro atoms. The predicted molar refractivity (Wildman–Crippen MR) is 154 cm³/mol. The van der Waals surface area contributed by atoms with E-state index in [-0.39, 0.29) is 34.0 Å². The predicted octanol–water partition coefficient (Wildman–Crippen LogP) is 5.63. The fourth-order valence-electron chi connectivity index (χ4n) is 4.97. The van der Waals surface area contributed by atoms with Crippen molar-refractivity contribution in [1.29, 1.82) is 0 Å². The molecule has 40 heavy (non-hydrogen) atoms. The Labute approximate surface area is 240 Å². The van der Waals surface area contributed by atoms with E-state index in [1.807, 2.05) is 18.2 Å². The molecule has 10 heteroatoms. The zero-order chi connectivity index (χ0) is 28.9. The summed E-state index contributed by atoms with van der Waals surface area (Å²) in [4.78, 5) is 14.8. The average molecular weight is 587 g/mol. The molecule has 4 rings (SSSR count). The van der Waals surface area contributed by atoms with Crippen LogP contribution >= 0.6 is 11.8 Å². The Hall–Kier alpha value is -3.08. The molecule has 3 aromatic rings. The summed E-state index contributed by atoms with van der Waals surface area (Å²) in [5.41, 5.74) is 1.20. The molecule has 1 aliphatic rings. The summed E-state index contributed by atoms with van der Waals surface area (Å²) in [5, 5.41) is 2.93. The zero-order valence-corrected chi connectivity index (χ0v) is 24.8. The summed E-state index contributed by atoms with van der Waals surface area (Å²) in [6.45, 7) is 5.33. The van der Waals surface area contributed by atoms with Crippen LogP contribution in [0.25, 0.3) is 0 Å². The number of rotatable bonds is 10. The first kappa shape index (κ1) is 29.9. The minimum Gasteiger partial charge on any atom is -0.493 e. The van der Waals surface area contributed by atoms with E-state index in [9.17, 15) is 17.6 Å². The van der Waals surface area contributed by atoms with E-state index in [1.54, 1.807) is 38.5 Å². The Morgan fingerprint density at radius 1 is 0.975 bits per heavy atom. The van der Waals surface area contributed by atoms with E-state index in [4.69, 9.17) is 9.47 Å². The average Bonchev–Trinajstić information content (AvgIpc) is 2.93. The molecular weight excluding hydrogens is 551 g/mol. The van der Waals surface area contributed by atoms with E-state index < -0.39 is 10.0 Å². The highest BCUT2D eigenvalue weighted by atomic mass is 32.2. The minimum atomic E-state index is -3.79. The molecule has 1 N–H and O–H groups in total. The number of amides is 1. The van der Waals surface area contributed by atoms with Crippen molar-refractivity contribution in [2.75, 3.05) is 33.9 Å². The minimum absolute atomic E-state index is 0.0855. The third-order valence-corrected chi connectivity index (χ3v) is 9.77. The molecule has 1 fully saturated rings. The van der Waals surface area contributed by atoms with Crippen molar-refractivity contribution >= 4 is 27.7 Å². The highest BCUT2D eigenvalue weighted by Crippen LogP contribution is 2.34. The van der Waals surface area contributed by atoms with Crippen LogP contribution in [0.1, 0.15) is 36.2 Å². The fraction of sp³-hybridized carbons (Fsp3) is 0.367. The molecule has 1 aliphatic heterocycles. The highest BCUT2D eigenvalue weighted by molar-refractivity contribution is 7.99. The Morgan fingerprint density at radius 2 is 1.65 bits per heavy atom. The van der Waals surface area contributed by atoms with E-state index in [0.29, 0.717) is 42.4 Å². The summed E-state index contributed by atoms with van der Waals surface area (Å²) in [6, 6.07) is 16.2. The van der Waals surface area contributed by atoms with Crippen LogP contribution in [0.4, 0.5) is 4.39 Å². The first-order chi connectivity index (χ1) is 19.1. The third-order valence-electron chi connectivity index (χ3n) is 6.86. The lowest BCUT2D eigenvalue weighted by Crippen LogP contribution is -2.42. The largest absolute Gasteiger partial charge is 0.493 e. The lowest BCUT2D eigenvalue weighted by Gasteiger charge is -2.34. The van der Waals surface area contributed by atoms with Gasteiger partial charge in [-0.25, -0.2) is 12.8 Å². The number of piperidine rings is 1. The Bertz CT molecular complexity index is 1440. The molecule has 0 bridgehead atoms. The number of carbonyl (C=O) groups is 1. The summed E-state index contributed by atoms with van der Waals surface area (Å²) < 4.78 is 52.8. The molecule has 1 saturated heterocycles. The van der Waals surface area contributed by atoms with Crippen LogP contribution in [0.15, 0.2) is 75.4 Å². The smallest absolute Gasteiger partial charge is 0.252 e. The van der Waals surface area contributed by atoms with Gasteiger partial charge in [-0.3, -0.25) is 4.79 Å². The number of nitrogens with one attached hydrogen (secondary N) is 1. The van der Waals surface area contributed by atoms with Gasteiger partial charge in [-0.15, -0.1) is 0 Å². The molecule has 2 unspecified atom stereocenters. The van der Waals surface area contributed by atoms with Crippen LogP contribution in [-0.2, 0) is 16.4 Å². The molecule has 0 aliphatic carbocycles. The second kappa shape index (κ2) is 13.1. The van der Waals surface area contributed by atoms with Crippen molar-refractivity contribution in [2.45, 2.75) is 41.4 Å².